The summed E-state index contributed by atoms with van der Waals surface area (Å²) < 4.78 is 0. The number of unbranched alkanes of at least 4 members (excludes halogenated alkanes) is 5. The summed E-state index contributed by atoms with van der Waals surface area (Å²) >= 11 is 0. The molecule has 0 bridgehead atoms. The van der Waals surface area contributed by atoms with Crippen LogP contribution in [-0.2, 0) is 6.42 Å². The summed E-state index contributed by atoms with van der Waals surface area (Å²) in [4.78, 5) is 11.0. The van der Waals surface area contributed by atoms with Crippen LogP contribution >= 0.6 is 0 Å². The van der Waals surface area contributed by atoms with Crippen LogP contribution in [0.1, 0.15) is 61.4 Å². The minimum atomic E-state index is -1.01. The van der Waals surface area contributed by atoms with Crippen LogP contribution in [0.15, 0.2) is 18.2 Å². The third kappa shape index (κ3) is 6.91. The molecule has 0 heterocycles. The molecular formula is C15H21KO3. The third-order valence-electron chi connectivity index (χ3n) is 3.14. The molecule has 0 radical (unpaired) electrons. The van der Waals surface area contributed by atoms with Crippen LogP contribution in [0.25, 0.3) is 0 Å². The van der Waals surface area contributed by atoms with Crippen LogP contribution in [0.3, 0.4) is 0 Å². The zero-order chi connectivity index (χ0) is 13.4. The van der Waals surface area contributed by atoms with Gasteiger partial charge in [0.05, 0.1) is 5.56 Å². The summed E-state index contributed by atoms with van der Waals surface area (Å²) in [5.74, 6) is -1.16. The van der Waals surface area contributed by atoms with Crippen molar-refractivity contribution in [3.8, 4) is 5.75 Å². The van der Waals surface area contributed by atoms with Gasteiger partial charge in [-0.2, -0.15) is 0 Å². The largest absolute Gasteiger partial charge is 1.00 e. The average molecular weight is 288 g/mol. The zero-order valence-electron chi connectivity index (χ0n) is 11.9. The first kappa shape index (κ1) is 19.1. The Bertz CT molecular complexity index is 391. The minimum Gasteiger partial charge on any atom is -0.872 e. The van der Waals surface area contributed by atoms with Crippen molar-refractivity contribution in [2.75, 3.05) is 0 Å². The van der Waals surface area contributed by atoms with Crippen molar-refractivity contribution in [3.63, 3.8) is 0 Å². The molecule has 0 aliphatic rings. The molecule has 1 N–H and O–H groups in total. The Morgan fingerprint density at radius 3 is 2.42 bits per heavy atom. The molecule has 0 unspecified atom stereocenters. The molecule has 0 spiro atoms. The molecule has 0 fully saturated rings. The second kappa shape index (κ2) is 10.9. The molecular weight excluding hydrogens is 267 g/mol. The predicted octanol–water partition coefficient (Wildman–Crippen LogP) is 0.365. The number of carbonyl (C=O) groups is 1. The van der Waals surface area contributed by atoms with Gasteiger partial charge in [0.2, 0.25) is 0 Å². The Hall–Kier alpha value is 0.126. The number of benzene rings is 1. The summed E-state index contributed by atoms with van der Waals surface area (Å²) in [6, 6.07) is 4.46. The van der Waals surface area contributed by atoms with Crippen molar-refractivity contribution in [2.45, 2.75) is 51.9 Å². The van der Waals surface area contributed by atoms with Crippen LogP contribution in [0, 0.1) is 0 Å². The summed E-state index contributed by atoms with van der Waals surface area (Å²) in [6.07, 6.45) is 7.38. The van der Waals surface area contributed by atoms with E-state index in [9.17, 15) is 9.90 Å². The molecule has 0 saturated carbocycles. The van der Waals surface area contributed by atoms with Gasteiger partial charge in [0.1, 0.15) is 0 Å². The van der Waals surface area contributed by atoms with Crippen molar-refractivity contribution in [2.24, 2.45) is 0 Å². The van der Waals surface area contributed by atoms with Crippen LogP contribution < -0.4 is 56.5 Å². The molecule has 0 aliphatic carbocycles. The zero-order valence-corrected chi connectivity index (χ0v) is 15.1. The van der Waals surface area contributed by atoms with E-state index < -0.39 is 5.97 Å². The van der Waals surface area contributed by atoms with Gasteiger partial charge in [0, 0.05) is 0 Å². The fourth-order valence-corrected chi connectivity index (χ4v) is 2.11. The molecule has 4 heteroatoms. The Balaban J connectivity index is 0.00000324. The van der Waals surface area contributed by atoms with E-state index in [1.165, 1.54) is 37.5 Å². The monoisotopic (exact) mass is 288 g/mol. The first-order chi connectivity index (χ1) is 8.66. The van der Waals surface area contributed by atoms with Gasteiger partial charge in [-0.05, 0) is 24.5 Å². The van der Waals surface area contributed by atoms with Crippen LogP contribution in [0.4, 0.5) is 0 Å². The van der Waals surface area contributed by atoms with Gasteiger partial charge in [-0.25, -0.2) is 4.79 Å². The van der Waals surface area contributed by atoms with Gasteiger partial charge >= 0.3 is 57.4 Å². The number of hydrogen-bond acceptors (Lipinski definition) is 2. The number of aromatic carboxylic acids is 1. The molecule has 1 rings (SSSR count). The van der Waals surface area contributed by atoms with E-state index in [0.29, 0.717) is 12.0 Å². The SMILES string of the molecule is CCCCCCCCc1c([O-])cccc1C(=O)O.[K+]. The van der Waals surface area contributed by atoms with E-state index in [2.05, 4.69) is 6.92 Å². The minimum absolute atomic E-state index is 0. The molecule has 19 heavy (non-hydrogen) atoms. The van der Waals surface area contributed by atoms with Crippen LogP contribution in [0.2, 0.25) is 0 Å². The van der Waals surface area contributed by atoms with Crippen molar-refractivity contribution in [3.05, 3.63) is 29.3 Å². The third-order valence-corrected chi connectivity index (χ3v) is 3.14. The smallest absolute Gasteiger partial charge is 0.872 e. The van der Waals surface area contributed by atoms with Gasteiger partial charge in [-0.1, -0.05) is 51.2 Å². The van der Waals surface area contributed by atoms with Crippen LogP contribution in [0.5, 0.6) is 5.75 Å². The van der Waals surface area contributed by atoms with Gasteiger partial charge in [-0.3, -0.25) is 0 Å². The Morgan fingerprint density at radius 1 is 1.16 bits per heavy atom. The molecule has 1 aromatic carbocycles. The van der Waals surface area contributed by atoms with E-state index in [-0.39, 0.29) is 62.7 Å². The molecule has 0 saturated heterocycles. The van der Waals surface area contributed by atoms with Gasteiger partial charge < -0.3 is 10.2 Å². The average Bonchev–Trinajstić information content (AvgIpc) is 2.34. The molecule has 0 aromatic heterocycles. The Kier molecular flexibility index (Phi) is 10.9. The van der Waals surface area contributed by atoms with E-state index >= 15 is 0 Å². The number of hydrogen-bond donors (Lipinski definition) is 1. The molecule has 1 aromatic rings. The van der Waals surface area contributed by atoms with Crippen molar-refractivity contribution in [1.29, 1.82) is 0 Å². The number of carboxylic acid groups (broad SMARTS) is 1. The maximum atomic E-state index is 11.6. The molecule has 100 valence electrons. The second-order valence-corrected chi connectivity index (χ2v) is 4.61. The van der Waals surface area contributed by atoms with Crippen LogP contribution in [-0.4, -0.2) is 11.1 Å². The maximum Gasteiger partial charge on any atom is 1.00 e. The summed E-state index contributed by atoms with van der Waals surface area (Å²) in [6.45, 7) is 2.17. The molecule has 3 nitrogen and oxygen atoms in total. The quantitative estimate of drug-likeness (QED) is 0.555. The van der Waals surface area contributed by atoms with E-state index in [4.69, 9.17) is 5.11 Å². The summed E-state index contributed by atoms with van der Waals surface area (Å²) in [7, 11) is 0. The maximum absolute atomic E-state index is 11.6. The predicted molar refractivity (Wildman–Crippen MR) is 69.9 cm³/mol. The Labute approximate surface area is 157 Å². The van der Waals surface area contributed by atoms with Gasteiger partial charge in [0.25, 0.3) is 0 Å². The number of carboxylic acids is 1. The summed E-state index contributed by atoms with van der Waals surface area (Å²) in [5.41, 5.74) is 0.622. The first-order valence-corrected chi connectivity index (χ1v) is 6.69. The van der Waals surface area contributed by atoms with Crippen molar-refractivity contribution in [1.82, 2.24) is 0 Å². The van der Waals surface area contributed by atoms with Crippen molar-refractivity contribution < 1.29 is 66.4 Å². The molecule has 0 amide bonds. The molecule has 0 aliphatic heterocycles. The number of rotatable bonds is 8. The van der Waals surface area contributed by atoms with Crippen molar-refractivity contribution >= 4 is 5.97 Å². The second-order valence-electron chi connectivity index (χ2n) is 4.61. The van der Waals surface area contributed by atoms with Gasteiger partial charge in [0.15, 0.2) is 0 Å². The molecule has 0 atom stereocenters. The fraction of sp³-hybridized carbons (Fsp3) is 0.533. The fourth-order valence-electron chi connectivity index (χ4n) is 2.11. The summed E-state index contributed by atoms with van der Waals surface area (Å²) in [5, 5.41) is 20.7. The first-order valence-electron chi connectivity index (χ1n) is 6.69. The van der Waals surface area contributed by atoms with E-state index in [1.54, 1.807) is 0 Å². The topological polar surface area (TPSA) is 60.4 Å². The normalized spacial score (nSPS) is 9.95. The standard InChI is InChI=1S/C15H22O3.K/c1-2-3-4-5-6-7-9-12-13(15(17)18)10-8-11-14(12)16;/h8,10-11,16H,2-7,9H2,1H3,(H,17,18);/q;+1/p-1. The Morgan fingerprint density at radius 2 is 1.79 bits per heavy atom. The van der Waals surface area contributed by atoms with Gasteiger partial charge in [-0.15, -0.1) is 5.75 Å². The van der Waals surface area contributed by atoms with E-state index in [0.717, 1.165) is 19.3 Å². The van der Waals surface area contributed by atoms with E-state index in [1.807, 2.05) is 0 Å².